The third kappa shape index (κ3) is 1.70. The van der Waals surface area contributed by atoms with Crippen molar-refractivity contribution in [2.45, 2.75) is 18.9 Å². The van der Waals surface area contributed by atoms with Gasteiger partial charge in [-0.3, -0.25) is 0 Å². The fourth-order valence-electron chi connectivity index (χ4n) is 1.90. The molecule has 0 aliphatic carbocycles. The first-order valence-electron chi connectivity index (χ1n) is 5.15. The van der Waals surface area contributed by atoms with Gasteiger partial charge in [0.1, 0.15) is 11.3 Å². The summed E-state index contributed by atoms with van der Waals surface area (Å²) in [7, 11) is 0. The predicted octanol–water partition coefficient (Wildman–Crippen LogP) is 2.83. The van der Waals surface area contributed by atoms with Crippen LogP contribution in [0.25, 0.3) is 10.6 Å². The lowest BCUT2D eigenvalue weighted by atomic mass is 10.2. The van der Waals surface area contributed by atoms with Gasteiger partial charge in [-0.2, -0.15) is 0 Å². The van der Waals surface area contributed by atoms with Crippen molar-refractivity contribution < 1.29 is 4.42 Å². The average molecular weight is 220 g/mol. The van der Waals surface area contributed by atoms with Gasteiger partial charge in [0.2, 0.25) is 0 Å². The minimum absolute atomic E-state index is 0.460. The SMILES string of the molecule is c1cc(-c2nc([C@H]3CCCN3)cs2)co1. The Balaban J connectivity index is 1.87. The van der Waals surface area contributed by atoms with Crippen molar-refractivity contribution >= 4 is 11.3 Å². The molecule has 0 spiro atoms. The molecule has 3 nitrogen and oxygen atoms in total. The van der Waals surface area contributed by atoms with Crippen molar-refractivity contribution in [3.63, 3.8) is 0 Å². The summed E-state index contributed by atoms with van der Waals surface area (Å²) in [5, 5.41) is 6.64. The third-order valence-electron chi connectivity index (χ3n) is 2.71. The maximum absolute atomic E-state index is 5.05. The van der Waals surface area contributed by atoms with Crippen molar-refractivity contribution in [3.05, 3.63) is 29.7 Å². The smallest absolute Gasteiger partial charge is 0.126 e. The van der Waals surface area contributed by atoms with Gasteiger partial charge in [-0.15, -0.1) is 11.3 Å². The second-order valence-electron chi connectivity index (χ2n) is 3.74. The van der Waals surface area contributed by atoms with E-state index in [1.165, 1.54) is 18.5 Å². The Morgan fingerprint density at radius 3 is 3.27 bits per heavy atom. The largest absolute Gasteiger partial charge is 0.472 e. The van der Waals surface area contributed by atoms with E-state index in [9.17, 15) is 0 Å². The molecule has 1 saturated heterocycles. The first-order valence-corrected chi connectivity index (χ1v) is 6.03. The molecule has 15 heavy (non-hydrogen) atoms. The van der Waals surface area contributed by atoms with E-state index in [-0.39, 0.29) is 0 Å². The van der Waals surface area contributed by atoms with Gasteiger partial charge < -0.3 is 9.73 Å². The van der Waals surface area contributed by atoms with Gasteiger partial charge in [0.05, 0.1) is 18.0 Å². The monoisotopic (exact) mass is 220 g/mol. The minimum Gasteiger partial charge on any atom is -0.472 e. The molecule has 1 fully saturated rings. The van der Waals surface area contributed by atoms with Crippen LogP contribution in [-0.2, 0) is 0 Å². The highest BCUT2D eigenvalue weighted by Gasteiger charge is 2.19. The molecular weight excluding hydrogens is 208 g/mol. The van der Waals surface area contributed by atoms with Crippen LogP contribution in [-0.4, -0.2) is 11.5 Å². The van der Waals surface area contributed by atoms with E-state index in [1.54, 1.807) is 23.9 Å². The minimum atomic E-state index is 0.460. The Kier molecular flexibility index (Phi) is 2.31. The number of thiazole rings is 1. The summed E-state index contributed by atoms with van der Waals surface area (Å²) in [5.41, 5.74) is 2.25. The normalized spacial score (nSPS) is 20.9. The zero-order valence-corrected chi connectivity index (χ0v) is 9.09. The van der Waals surface area contributed by atoms with E-state index < -0.39 is 0 Å². The predicted molar refractivity (Wildman–Crippen MR) is 59.8 cm³/mol. The molecule has 0 radical (unpaired) electrons. The lowest BCUT2D eigenvalue weighted by Crippen LogP contribution is -2.12. The van der Waals surface area contributed by atoms with E-state index in [2.05, 4.69) is 15.7 Å². The lowest BCUT2D eigenvalue weighted by molar-refractivity contribution is 0.568. The van der Waals surface area contributed by atoms with Gasteiger partial charge >= 0.3 is 0 Å². The van der Waals surface area contributed by atoms with Crippen LogP contribution in [0.5, 0.6) is 0 Å². The topological polar surface area (TPSA) is 38.1 Å². The van der Waals surface area contributed by atoms with E-state index in [0.717, 1.165) is 17.1 Å². The Bertz CT molecular complexity index is 429. The lowest BCUT2D eigenvalue weighted by Gasteiger charge is -2.04. The summed E-state index contributed by atoms with van der Waals surface area (Å²) in [5.74, 6) is 0. The fourth-order valence-corrected chi connectivity index (χ4v) is 2.76. The summed E-state index contributed by atoms with van der Waals surface area (Å²) in [6.45, 7) is 1.11. The number of hydrogen-bond acceptors (Lipinski definition) is 4. The van der Waals surface area contributed by atoms with Crippen LogP contribution in [0.15, 0.2) is 28.4 Å². The molecule has 4 heteroatoms. The molecule has 0 amide bonds. The van der Waals surface area contributed by atoms with Gasteiger partial charge in [0.15, 0.2) is 0 Å². The molecule has 1 atom stereocenters. The number of aromatic nitrogens is 1. The van der Waals surface area contributed by atoms with Gasteiger partial charge in [-0.25, -0.2) is 4.98 Å². The summed E-state index contributed by atoms with van der Waals surface area (Å²) < 4.78 is 5.05. The molecule has 0 saturated carbocycles. The third-order valence-corrected chi connectivity index (χ3v) is 3.62. The molecule has 0 bridgehead atoms. The number of furan rings is 1. The molecule has 0 unspecified atom stereocenters. The maximum Gasteiger partial charge on any atom is 0.126 e. The van der Waals surface area contributed by atoms with Crippen molar-refractivity contribution in [2.24, 2.45) is 0 Å². The molecule has 1 aliphatic heterocycles. The van der Waals surface area contributed by atoms with Crippen LogP contribution in [0.2, 0.25) is 0 Å². The first-order chi connectivity index (χ1) is 7.43. The maximum atomic E-state index is 5.05. The Morgan fingerprint density at radius 2 is 2.53 bits per heavy atom. The zero-order chi connectivity index (χ0) is 10.1. The molecule has 78 valence electrons. The van der Waals surface area contributed by atoms with Crippen molar-refractivity contribution in [1.29, 1.82) is 0 Å². The van der Waals surface area contributed by atoms with Crippen LogP contribution >= 0.6 is 11.3 Å². The quantitative estimate of drug-likeness (QED) is 0.845. The second-order valence-corrected chi connectivity index (χ2v) is 4.60. The van der Waals surface area contributed by atoms with Gasteiger partial charge in [-0.05, 0) is 25.5 Å². The highest BCUT2D eigenvalue weighted by atomic mass is 32.1. The molecule has 2 aromatic heterocycles. The standard InChI is InChI=1S/C11H12N2OS/c1-2-9(12-4-1)10-7-15-11(13-10)8-3-5-14-6-8/h3,5-7,9,12H,1-2,4H2/t9-/m1/s1. The fraction of sp³-hybridized carbons (Fsp3) is 0.364. The molecule has 1 N–H and O–H groups in total. The molecule has 1 aliphatic rings. The number of nitrogens with zero attached hydrogens (tertiary/aromatic N) is 1. The van der Waals surface area contributed by atoms with Crippen LogP contribution in [0, 0.1) is 0 Å². The van der Waals surface area contributed by atoms with E-state index in [1.807, 2.05) is 6.07 Å². The number of nitrogens with one attached hydrogen (secondary N) is 1. The van der Waals surface area contributed by atoms with Gasteiger partial charge in [-0.1, -0.05) is 0 Å². The van der Waals surface area contributed by atoms with Crippen LogP contribution in [0.1, 0.15) is 24.6 Å². The van der Waals surface area contributed by atoms with E-state index in [0.29, 0.717) is 6.04 Å². The molecule has 2 aromatic rings. The average Bonchev–Trinajstić information content (AvgIpc) is 3.02. The Morgan fingerprint density at radius 1 is 1.53 bits per heavy atom. The van der Waals surface area contributed by atoms with Crippen LogP contribution in [0.4, 0.5) is 0 Å². The number of rotatable bonds is 2. The zero-order valence-electron chi connectivity index (χ0n) is 8.27. The van der Waals surface area contributed by atoms with Crippen molar-refractivity contribution in [1.82, 2.24) is 10.3 Å². The first kappa shape index (κ1) is 9.12. The summed E-state index contributed by atoms with van der Waals surface area (Å²) >= 11 is 1.68. The van der Waals surface area contributed by atoms with Crippen LogP contribution in [0.3, 0.4) is 0 Å². The van der Waals surface area contributed by atoms with Crippen LogP contribution < -0.4 is 5.32 Å². The summed E-state index contributed by atoms with van der Waals surface area (Å²) in [6, 6.07) is 2.41. The van der Waals surface area contributed by atoms with Gasteiger partial charge in [0.25, 0.3) is 0 Å². The van der Waals surface area contributed by atoms with Crippen molar-refractivity contribution in [2.75, 3.05) is 6.54 Å². The molecule has 3 heterocycles. The highest BCUT2D eigenvalue weighted by Crippen LogP contribution is 2.29. The van der Waals surface area contributed by atoms with Crippen molar-refractivity contribution in [3.8, 4) is 10.6 Å². The summed E-state index contributed by atoms with van der Waals surface area (Å²) in [4.78, 5) is 4.63. The van der Waals surface area contributed by atoms with E-state index in [4.69, 9.17) is 4.42 Å². The van der Waals surface area contributed by atoms with E-state index >= 15 is 0 Å². The molecule has 0 aromatic carbocycles. The second kappa shape index (κ2) is 3.79. The van der Waals surface area contributed by atoms with Gasteiger partial charge in [0, 0.05) is 10.9 Å². The molecule has 3 rings (SSSR count). The molecular formula is C11H12N2OS. The summed E-state index contributed by atoms with van der Waals surface area (Å²) in [6.07, 6.45) is 5.88. The number of hydrogen-bond donors (Lipinski definition) is 1. The highest BCUT2D eigenvalue weighted by molar-refractivity contribution is 7.13. The Labute approximate surface area is 92.1 Å². The Hall–Kier alpha value is -1.13.